The molecule has 0 aliphatic rings. The molecule has 0 bridgehead atoms. The Balaban J connectivity index is 1.69. The Morgan fingerprint density at radius 3 is 2.21 bits per heavy atom. The van der Waals surface area contributed by atoms with Gasteiger partial charge in [-0.3, -0.25) is 14.8 Å². The van der Waals surface area contributed by atoms with Gasteiger partial charge in [0.15, 0.2) is 0 Å². The fraction of sp³-hybridized carbons (Fsp3) is 0.133. The van der Waals surface area contributed by atoms with Gasteiger partial charge in [0, 0.05) is 18.9 Å². The van der Waals surface area contributed by atoms with Crippen molar-refractivity contribution in [1.82, 2.24) is 35.7 Å². The molecule has 0 atom stereocenters. The van der Waals surface area contributed by atoms with E-state index in [0.29, 0.717) is 29.6 Å². The van der Waals surface area contributed by atoms with Gasteiger partial charge < -0.3 is 10.4 Å². The summed E-state index contributed by atoms with van der Waals surface area (Å²) in [6, 6.07) is 8.95. The zero-order valence-electron chi connectivity index (χ0n) is 12.5. The number of hydrogen-bond donors (Lipinski definition) is 2. The highest BCUT2D eigenvalue weighted by molar-refractivity contribution is 5.69. The van der Waals surface area contributed by atoms with E-state index < -0.39 is 5.97 Å². The Hall–Kier alpha value is -3.33. The molecule has 120 valence electrons. The molecule has 24 heavy (non-hydrogen) atoms. The lowest BCUT2D eigenvalue weighted by Gasteiger charge is -2.03. The summed E-state index contributed by atoms with van der Waals surface area (Å²) in [6.45, 7) is 0.309. The summed E-state index contributed by atoms with van der Waals surface area (Å²) in [5, 5.41) is 27.4. The highest BCUT2D eigenvalue weighted by Crippen LogP contribution is 2.13. The molecule has 0 spiro atoms. The SMILES string of the molecule is O=C(O)CNCc1ccc(-c2nnc(-c3ccccn3)nn2)nc1. The predicted molar refractivity (Wildman–Crippen MR) is 83.4 cm³/mol. The van der Waals surface area contributed by atoms with E-state index in [-0.39, 0.29) is 6.54 Å². The van der Waals surface area contributed by atoms with Crippen LogP contribution in [0.2, 0.25) is 0 Å². The van der Waals surface area contributed by atoms with Crippen molar-refractivity contribution in [3.8, 4) is 23.0 Å². The van der Waals surface area contributed by atoms with Crippen molar-refractivity contribution >= 4 is 5.97 Å². The Bertz CT molecular complexity index is 807. The second-order valence-electron chi connectivity index (χ2n) is 4.81. The van der Waals surface area contributed by atoms with Crippen LogP contribution < -0.4 is 5.32 Å². The van der Waals surface area contributed by atoms with E-state index in [9.17, 15) is 4.79 Å². The molecule has 3 heterocycles. The lowest BCUT2D eigenvalue weighted by molar-refractivity contribution is -0.135. The lowest BCUT2D eigenvalue weighted by Crippen LogP contribution is -2.21. The number of carboxylic acid groups (broad SMARTS) is 1. The molecule has 3 aromatic rings. The number of hydrogen-bond acceptors (Lipinski definition) is 8. The van der Waals surface area contributed by atoms with Crippen LogP contribution in [0.1, 0.15) is 5.56 Å². The number of nitrogens with zero attached hydrogens (tertiary/aromatic N) is 6. The van der Waals surface area contributed by atoms with Gasteiger partial charge in [-0.15, -0.1) is 20.4 Å². The smallest absolute Gasteiger partial charge is 0.317 e. The van der Waals surface area contributed by atoms with Gasteiger partial charge in [-0.05, 0) is 23.8 Å². The van der Waals surface area contributed by atoms with Crippen molar-refractivity contribution in [2.75, 3.05) is 6.54 Å². The van der Waals surface area contributed by atoms with Gasteiger partial charge in [-0.25, -0.2) is 0 Å². The molecule has 0 saturated heterocycles. The van der Waals surface area contributed by atoms with Crippen LogP contribution in [-0.2, 0) is 11.3 Å². The van der Waals surface area contributed by atoms with Crippen molar-refractivity contribution in [2.45, 2.75) is 6.54 Å². The standard InChI is InChI=1S/C15H13N7O2/c23-13(24)9-16-7-10-4-5-12(18-8-10)15-21-19-14(20-22-15)11-3-1-2-6-17-11/h1-6,8,16H,7,9H2,(H,23,24). The van der Waals surface area contributed by atoms with Crippen molar-refractivity contribution in [3.63, 3.8) is 0 Å². The Labute approximate surface area is 136 Å². The summed E-state index contributed by atoms with van der Waals surface area (Å²) in [6.07, 6.45) is 3.27. The van der Waals surface area contributed by atoms with Gasteiger partial charge in [0.25, 0.3) is 0 Å². The maximum Gasteiger partial charge on any atom is 0.317 e. The lowest BCUT2D eigenvalue weighted by atomic mass is 10.2. The zero-order valence-corrected chi connectivity index (χ0v) is 12.5. The Kier molecular flexibility index (Phi) is 4.73. The first-order chi connectivity index (χ1) is 11.7. The molecule has 0 aliphatic carbocycles. The molecule has 9 heteroatoms. The van der Waals surface area contributed by atoms with Gasteiger partial charge in [-0.2, -0.15) is 0 Å². The van der Waals surface area contributed by atoms with Crippen LogP contribution >= 0.6 is 0 Å². The first-order valence-electron chi connectivity index (χ1n) is 7.09. The van der Waals surface area contributed by atoms with Crippen LogP contribution in [0, 0.1) is 0 Å². The van der Waals surface area contributed by atoms with Crippen LogP contribution in [0.5, 0.6) is 0 Å². The fourth-order valence-electron chi connectivity index (χ4n) is 1.90. The highest BCUT2D eigenvalue weighted by atomic mass is 16.4. The Morgan fingerprint density at radius 1 is 0.958 bits per heavy atom. The summed E-state index contributed by atoms with van der Waals surface area (Å²) in [7, 11) is 0. The van der Waals surface area contributed by atoms with Gasteiger partial charge >= 0.3 is 5.97 Å². The molecular formula is C15H13N7O2. The summed E-state index contributed by atoms with van der Waals surface area (Å²) in [5.41, 5.74) is 1.98. The average molecular weight is 323 g/mol. The molecule has 0 unspecified atom stereocenters. The van der Waals surface area contributed by atoms with Crippen molar-refractivity contribution < 1.29 is 9.90 Å². The van der Waals surface area contributed by atoms with E-state index in [4.69, 9.17) is 5.11 Å². The minimum absolute atomic E-state index is 0.103. The number of rotatable bonds is 6. The summed E-state index contributed by atoms with van der Waals surface area (Å²) >= 11 is 0. The molecule has 0 amide bonds. The predicted octanol–water partition coefficient (Wildman–Crippen LogP) is 0.565. The number of pyridine rings is 2. The molecule has 3 aromatic heterocycles. The van der Waals surface area contributed by atoms with Crippen LogP contribution in [0.3, 0.4) is 0 Å². The van der Waals surface area contributed by atoms with E-state index in [1.807, 2.05) is 12.1 Å². The van der Waals surface area contributed by atoms with E-state index in [1.54, 1.807) is 30.6 Å². The van der Waals surface area contributed by atoms with Gasteiger partial charge in [0.05, 0.1) is 6.54 Å². The second-order valence-corrected chi connectivity index (χ2v) is 4.81. The maximum atomic E-state index is 10.4. The third kappa shape index (κ3) is 3.90. The topological polar surface area (TPSA) is 127 Å². The van der Waals surface area contributed by atoms with Gasteiger partial charge in [0.2, 0.25) is 11.6 Å². The van der Waals surface area contributed by atoms with Gasteiger partial charge in [-0.1, -0.05) is 12.1 Å². The number of nitrogens with one attached hydrogen (secondary N) is 1. The number of aromatic nitrogens is 6. The third-order valence-corrected chi connectivity index (χ3v) is 3.03. The summed E-state index contributed by atoms with van der Waals surface area (Å²) in [4.78, 5) is 18.8. The van der Waals surface area contributed by atoms with Crippen LogP contribution in [0.25, 0.3) is 23.0 Å². The van der Waals surface area contributed by atoms with Crippen LogP contribution in [-0.4, -0.2) is 48.0 Å². The average Bonchev–Trinajstić information content (AvgIpc) is 2.63. The molecule has 0 fully saturated rings. The van der Waals surface area contributed by atoms with Gasteiger partial charge in [0.1, 0.15) is 11.4 Å². The monoisotopic (exact) mass is 323 g/mol. The van der Waals surface area contributed by atoms with E-state index in [1.165, 1.54) is 0 Å². The first-order valence-corrected chi connectivity index (χ1v) is 7.09. The van der Waals surface area contributed by atoms with Crippen LogP contribution in [0.4, 0.5) is 0 Å². The molecule has 0 saturated carbocycles. The number of carbonyl (C=O) groups is 1. The third-order valence-electron chi connectivity index (χ3n) is 3.03. The normalized spacial score (nSPS) is 10.5. The van der Waals surface area contributed by atoms with E-state index in [2.05, 4.69) is 35.7 Å². The second kappa shape index (κ2) is 7.29. The van der Waals surface area contributed by atoms with E-state index in [0.717, 1.165) is 5.56 Å². The molecule has 3 rings (SSSR count). The fourth-order valence-corrected chi connectivity index (χ4v) is 1.90. The van der Waals surface area contributed by atoms with Crippen molar-refractivity contribution in [2.24, 2.45) is 0 Å². The minimum atomic E-state index is -0.905. The number of aliphatic carboxylic acids is 1. The molecule has 9 nitrogen and oxygen atoms in total. The minimum Gasteiger partial charge on any atom is -0.480 e. The molecule has 2 N–H and O–H groups in total. The summed E-state index contributed by atoms with van der Waals surface area (Å²) in [5.74, 6) is -0.258. The maximum absolute atomic E-state index is 10.4. The quantitative estimate of drug-likeness (QED) is 0.669. The molecule has 0 aromatic carbocycles. The largest absolute Gasteiger partial charge is 0.480 e. The zero-order chi connectivity index (χ0) is 16.8. The highest BCUT2D eigenvalue weighted by Gasteiger charge is 2.08. The Morgan fingerprint density at radius 2 is 1.67 bits per heavy atom. The molecule has 0 radical (unpaired) electrons. The summed E-state index contributed by atoms with van der Waals surface area (Å²) < 4.78 is 0. The van der Waals surface area contributed by atoms with Crippen LogP contribution in [0.15, 0.2) is 42.7 Å². The molecule has 0 aliphatic heterocycles. The number of carboxylic acids is 1. The van der Waals surface area contributed by atoms with E-state index >= 15 is 0 Å². The molecular weight excluding hydrogens is 310 g/mol. The first kappa shape index (κ1) is 15.6. The van der Waals surface area contributed by atoms with Crippen molar-refractivity contribution in [3.05, 3.63) is 48.3 Å². The van der Waals surface area contributed by atoms with Crippen molar-refractivity contribution in [1.29, 1.82) is 0 Å².